The number of halogens is 1. The molecule has 7 nitrogen and oxygen atoms in total. The first kappa shape index (κ1) is 21.1. The molecule has 4 rings (SSSR count). The Kier molecular flexibility index (Phi) is 6.04. The smallest absolute Gasteiger partial charge is 0.412 e. The summed E-state index contributed by atoms with van der Waals surface area (Å²) >= 11 is 6.47. The van der Waals surface area contributed by atoms with Crippen molar-refractivity contribution >= 4 is 29.3 Å². The summed E-state index contributed by atoms with van der Waals surface area (Å²) in [6.07, 6.45) is 3.79. The van der Waals surface area contributed by atoms with E-state index in [0.717, 1.165) is 52.4 Å². The molecule has 0 unspecified atom stereocenters. The largest absolute Gasteiger partial charge is 0.450 e. The Morgan fingerprint density at radius 3 is 2.84 bits per heavy atom. The Labute approximate surface area is 186 Å². The van der Waals surface area contributed by atoms with Crippen LogP contribution in [0, 0.1) is 13.8 Å². The van der Waals surface area contributed by atoms with Crippen molar-refractivity contribution in [1.29, 1.82) is 0 Å². The standard InChI is InChI=1S/C23H24ClN5O2/c1-4-31-23(30)28-20-6-5-16-13-29(8-7-19(16)27-20)21-10-17(18(24)12-25-21)22-15(3)9-14(2)11-26-22/h5-6,9-12H,4,7-8,13H2,1-3H3,(H,27,28,30). The normalized spacial score (nSPS) is 13.0. The van der Waals surface area contributed by atoms with Crippen LogP contribution in [0.1, 0.15) is 29.3 Å². The van der Waals surface area contributed by atoms with E-state index in [1.807, 2.05) is 32.2 Å². The van der Waals surface area contributed by atoms with Gasteiger partial charge in [-0.3, -0.25) is 10.3 Å². The third kappa shape index (κ3) is 4.61. The van der Waals surface area contributed by atoms with Crippen molar-refractivity contribution in [2.24, 2.45) is 0 Å². The Bertz CT molecular complexity index is 1130. The van der Waals surface area contributed by atoms with Crippen molar-refractivity contribution in [2.75, 3.05) is 23.4 Å². The number of anilines is 2. The molecule has 3 aromatic rings. The Hall–Kier alpha value is -3.19. The second-order valence-corrected chi connectivity index (χ2v) is 7.93. The number of ether oxygens (including phenoxy) is 1. The lowest BCUT2D eigenvalue weighted by Gasteiger charge is -2.29. The molecule has 1 aliphatic heterocycles. The number of fused-ring (bicyclic) bond motifs is 1. The maximum Gasteiger partial charge on any atom is 0.412 e. The van der Waals surface area contributed by atoms with Crippen molar-refractivity contribution in [3.63, 3.8) is 0 Å². The van der Waals surface area contributed by atoms with Crippen LogP contribution >= 0.6 is 11.6 Å². The minimum Gasteiger partial charge on any atom is -0.450 e. The molecule has 0 aliphatic carbocycles. The fourth-order valence-corrected chi connectivity index (χ4v) is 3.93. The average Bonchev–Trinajstić information content (AvgIpc) is 2.74. The summed E-state index contributed by atoms with van der Waals surface area (Å²) in [5.41, 5.74) is 6.01. The van der Waals surface area contributed by atoms with Crippen LogP contribution in [0.3, 0.4) is 0 Å². The van der Waals surface area contributed by atoms with Crippen molar-refractivity contribution in [1.82, 2.24) is 15.0 Å². The lowest BCUT2D eigenvalue weighted by molar-refractivity contribution is 0.168. The number of hydrogen-bond donors (Lipinski definition) is 1. The summed E-state index contributed by atoms with van der Waals surface area (Å²) < 4.78 is 4.91. The number of carbonyl (C=O) groups is 1. The van der Waals surface area contributed by atoms with E-state index in [4.69, 9.17) is 16.3 Å². The number of aryl methyl sites for hydroxylation is 2. The molecule has 31 heavy (non-hydrogen) atoms. The summed E-state index contributed by atoms with van der Waals surface area (Å²) in [6, 6.07) is 7.88. The minimum atomic E-state index is -0.495. The molecule has 0 aromatic carbocycles. The van der Waals surface area contributed by atoms with Crippen molar-refractivity contribution in [2.45, 2.75) is 33.7 Å². The zero-order chi connectivity index (χ0) is 22.0. The molecule has 0 atom stereocenters. The van der Waals surface area contributed by atoms with E-state index in [0.29, 0.717) is 24.0 Å². The Balaban J connectivity index is 1.56. The monoisotopic (exact) mass is 437 g/mol. The van der Waals surface area contributed by atoms with Gasteiger partial charge in [-0.1, -0.05) is 23.7 Å². The van der Waals surface area contributed by atoms with Gasteiger partial charge in [-0.05, 0) is 49.6 Å². The minimum absolute atomic E-state index is 0.319. The predicted octanol–water partition coefficient (Wildman–Crippen LogP) is 4.94. The van der Waals surface area contributed by atoms with Crippen molar-refractivity contribution in [3.05, 3.63) is 64.1 Å². The van der Waals surface area contributed by atoms with E-state index >= 15 is 0 Å². The van der Waals surface area contributed by atoms with E-state index in [1.165, 1.54) is 0 Å². The topological polar surface area (TPSA) is 80.2 Å². The number of pyridine rings is 3. The van der Waals surface area contributed by atoms with Gasteiger partial charge in [-0.15, -0.1) is 0 Å². The Morgan fingerprint density at radius 2 is 2.06 bits per heavy atom. The summed E-state index contributed by atoms with van der Waals surface area (Å²) in [7, 11) is 0. The number of nitrogens with zero attached hydrogens (tertiary/aromatic N) is 4. The lowest BCUT2D eigenvalue weighted by Crippen LogP contribution is -2.31. The molecule has 4 heterocycles. The summed E-state index contributed by atoms with van der Waals surface area (Å²) in [5.74, 6) is 1.35. The van der Waals surface area contributed by atoms with Crippen LogP contribution in [-0.2, 0) is 17.7 Å². The van der Waals surface area contributed by atoms with Crippen LogP contribution in [0.5, 0.6) is 0 Å². The number of carbonyl (C=O) groups excluding carboxylic acids is 1. The third-order valence-corrected chi connectivity index (χ3v) is 5.49. The van der Waals surface area contributed by atoms with Gasteiger partial charge in [0.25, 0.3) is 0 Å². The fraction of sp³-hybridized carbons (Fsp3) is 0.304. The molecule has 0 radical (unpaired) electrons. The number of nitrogens with one attached hydrogen (secondary N) is 1. The molecule has 1 N–H and O–H groups in total. The number of aromatic nitrogens is 3. The van der Waals surface area contributed by atoms with Gasteiger partial charge in [0.1, 0.15) is 11.6 Å². The zero-order valence-electron chi connectivity index (χ0n) is 17.8. The summed E-state index contributed by atoms with van der Waals surface area (Å²) in [5, 5.41) is 3.24. The van der Waals surface area contributed by atoms with Crippen molar-refractivity contribution < 1.29 is 9.53 Å². The van der Waals surface area contributed by atoms with Gasteiger partial charge in [0.2, 0.25) is 0 Å². The van der Waals surface area contributed by atoms with Gasteiger partial charge in [0, 0.05) is 43.2 Å². The Morgan fingerprint density at radius 1 is 1.23 bits per heavy atom. The second-order valence-electron chi connectivity index (χ2n) is 7.52. The van der Waals surface area contributed by atoms with Gasteiger partial charge >= 0.3 is 6.09 Å². The number of rotatable bonds is 4. The molecule has 160 valence electrons. The van der Waals surface area contributed by atoms with Crippen LogP contribution in [-0.4, -0.2) is 34.2 Å². The van der Waals surface area contributed by atoms with Gasteiger partial charge in [-0.2, -0.15) is 0 Å². The van der Waals surface area contributed by atoms with Crippen LogP contribution in [0.2, 0.25) is 5.02 Å². The van der Waals surface area contributed by atoms with Crippen LogP contribution < -0.4 is 10.2 Å². The van der Waals surface area contributed by atoms with E-state index in [9.17, 15) is 4.79 Å². The van der Waals surface area contributed by atoms with Gasteiger partial charge in [0.15, 0.2) is 0 Å². The highest BCUT2D eigenvalue weighted by atomic mass is 35.5. The van der Waals surface area contributed by atoms with Crippen molar-refractivity contribution in [3.8, 4) is 11.3 Å². The second kappa shape index (κ2) is 8.89. The van der Waals surface area contributed by atoms with E-state index in [2.05, 4.69) is 31.2 Å². The highest BCUT2D eigenvalue weighted by molar-refractivity contribution is 6.33. The lowest BCUT2D eigenvalue weighted by atomic mass is 10.0. The predicted molar refractivity (Wildman–Crippen MR) is 122 cm³/mol. The van der Waals surface area contributed by atoms with Crippen LogP contribution in [0.15, 0.2) is 36.7 Å². The zero-order valence-corrected chi connectivity index (χ0v) is 18.5. The van der Waals surface area contributed by atoms with Gasteiger partial charge in [-0.25, -0.2) is 14.8 Å². The van der Waals surface area contributed by atoms with Crippen LogP contribution in [0.4, 0.5) is 16.4 Å². The van der Waals surface area contributed by atoms with Gasteiger partial charge in [0.05, 0.1) is 17.3 Å². The number of amides is 1. The summed E-state index contributed by atoms with van der Waals surface area (Å²) in [4.78, 5) is 27.6. The van der Waals surface area contributed by atoms with E-state index in [-0.39, 0.29) is 0 Å². The van der Waals surface area contributed by atoms with Gasteiger partial charge < -0.3 is 9.64 Å². The molecule has 0 bridgehead atoms. The molecular weight excluding hydrogens is 414 g/mol. The first-order chi connectivity index (χ1) is 14.9. The molecule has 0 saturated heterocycles. The summed E-state index contributed by atoms with van der Waals surface area (Å²) in [6.45, 7) is 7.58. The number of hydrogen-bond acceptors (Lipinski definition) is 6. The molecular formula is C23H24ClN5O2. The maximum absolute atomic E-state index is 11.6. The molecule has 0 saturated carbocycles. The quantitative estimate of drug-likeness (QED) is 0.622. The SMILES string of the molecule is CCOC(=O)Nc1ccc2c(n1)CCN(c1cc(-c3ncc(C)cc3C)c(Cl)cn1)C2. The van der Waals surface area contributed by atoms with E-state index < -0.39 is 6.09 Å². The van der Waals surface area contributed by atoms with Crippen LogP contribution in [0.25, 0.3) is 11.3 Å². The molecule has 1 aliphatic rings. The maximum atomic E-state index is 11.6. The highest BCUT2D eigenvalue weighted by Gasteiger charge is 2.21. The molecule has 8 heteroatoms. The first-order valence-electron chi connectivity index (χ1n) is 10.2. The highest BCUT2D eigenvalue weighted by Crippen LogP contribution is 2.32. The molecule has 0 spiro atoms. The fourth-order valence-electron chi connectivity index (χ4n) is 3.73. The molecule has 0 fully saturated rings. The first-order valence-corrected chi connectivity index (χ1v) is 10.6. The molecule has 1 amide bonds. The molecule has 3 aromatic heterocycles. The third-order valence-electron chi connectivity index (χ3n) is 5.19. The van der Waals surface area contributed by atoms with E-state index in [1.54, 1.807) is 19.2 Å². The average molecular weight is 438 g/mol.